The van der Waals surface area contributed by atoms with Crippen LogP contribution in [0.3, 0.4) is 0 Å². The van der Waals surface area contributed by atoms with Gasteiger partial charge in [0.15, 0.2) is 16.4 Å². The van der Waals surface area contributed by atoms with Crippen molar-refractivity contribution in [3.63, 3.8) is 0 Å². The van der Waals surface area contributed by atoms with Gasteiger partial charge in [-0.05, 0) is 68.9 Å². The predicted molar refractivity (Wildman–Crippen MR) is 109 cm³/mol. The fraction of sp³-hybridized carbons (Fsp3) is 0.455. The number of carbonyl (C=O) groups excluding carboxylic acids is 2. The first-order valence-corrected chi connectivity index (χ1v) is 11.8. The molecule has 2 heterocycles. The molecule has 4 rings (SSSR count). The van der Waals surface area contributed by atoms with Gasteiger partial charge in [-0.15, -0.1) is 0 Å². The molecule has 1 atom stereocenters. The van der Waals surface area contributed by atoms with E-state index >= 15 is 0 Å². The average molecular weight is 416 g/mol. The van der Waals surface area contributed by atoms with Gasteiger partial charge in [0.1, 0.15) is 0 Å². The summed E-state index contributed by atoms with van der Waals surface area (Å²) in [6.45, 7) is 3.35. The molecule has 1 aromatic heterocycles. The first kappa shape index (κ1) is 19.9. The van der Waals surface area contributed by atoms with Crippen LogP contribution in [0.1, 0.15) is 62.1 Å². The molecule has 0 amide bonds. The number of hydrogen-bond acceptors (Lipinski definition) is 5. The first-order chi connectivity index (χ1) is 13.7. The lowest BCUT2D eigenvalue weighted by Gasteiger charge is -2.16. The Kier molecular flexibility index (Phi) is 5.11. The number of esters is 1. The van der Waals surface area contributed by atoms with E-state index in [0.717, 1.165) is 30.7 Å². The minimum Gasteiger partial charge on any atom is -0.454 e. The number of aryl methyl sites for hydroxylation is 3. The lowest BCUT2D eigenvalue weighted by atomic mass is 10.1. The number of rotatable bonds is 5. The van der Waals surface area contributed by atoms with Crippen LogP contribution < -0.4 is 0 Å². The van der Waals surface area contributed by atoms with E-state index in [1.54, 1.807) is 12.1 Å². The van der Waals surface area contributed by atoms with Crippen LogP contribution in [0.25, 0.3) is 0 Å². The highest BCUT2D eigenvalue weighted by molar-refractivity contribution is 7.91. The van der Waals surface area contributed by atoms with E-state index in [1.165, 1.54) is 11.1 Å². The molecule has 0 bridgehead atoms. The molecule has 0 saturated carbocycles. The third-order valence-electron chi connectivity index (χ3n) is 6.03. The standard InChI is InChI=1S/C22H25NO5S/c1-14-10-20(15(2)23(14)19-8-9-29(26,27)13-19)21(24)12-28-22(25)18-7-6-16-4-3-5-17(16)11-18/h6-7,10-11,19H,3-5,8-9,12-13H2,1-2H3/t19-/m0/s1. The third kappa shape index (κ3) is 3.88. The number of aromatic nitrogens is 1. The third-order valence-corrected chi connectivity index (χ3v) is 7.78. The molecule has 1 aromatic carbocycles. The van der Waals surface area contributed by atoms with Crippen LogP contribution in [-0.2, 0) is 27.4 Å². The van der Waals surface area contributed by atoms with Gasteiger partial charge in [0.05, 0.1) is 17.1 Å². The van der Waals surface area contributed by atoms with E-state index in [4.69, 9.17) is 4.74 Å². The molecule has 0 unspecified atom stereocenters. The van der Waals surface area contributed by atoms with Crippen molar-refractivity contribution < 1.29 is 22.7 Å². The summed E-state index contributed by atoms with van der Waals surface area (Å²) in [4.78, 5) is 25.1. The largest absolute Gasteiger partial charge is 0.454 e. The van der Waals surface area contributed by atoms with Crippen molar-refractivity contribution in [2.75, 3.05) is 18.1 Å². The van der Waals surface area contributed by atoms with E-state index in [-0.39, 0.29) is 29.9 Å². The van der Waals surface area contributed by atoms with Gasteiger partial charge in [-0.3, -0.25) is 4.79 Å². The van der Waals surface area contributed by atoms with Gasteiger partial charge in [-0.25, -0.2) is 13.2 Å². The van der Waals surface area contributed by atoms with Gasteiger partial charge in [0.25, 0.3) is 0 Å². The molecule has 7 heteroatoms. The van der Waals surface area contributed by atoms with Crippen LogP contribution in [0.4, 0.5) is 0 Å². The zero-order valence-corrected chi connectivity index (χ0v) is 17.5. The normalized spacial score (nSPS) is 19.9. The molecule has 1 aliphatic heterocycles. The summed E-state index contributed by atoms with van der Waals surface area (Å²) in [6, 6.07) is 7.19. The number of ether oxygens (including phenoxy) is 1. The second-order valence-corrected chi connectivity index (χ2v) is 10.3. The summed E-state index contributed by atoms with van der Waals surface area (Å²) in [7, 11) is -3.02. The van der Waals surface area contributed by atoms with E-state index in [2.05, 4.69) is 0 Å². The van der Waals surface area contributed by atoms with Crippen LogP contribution in [0.15, 0.2) is 24.3 Å². The lowest BCUT2D eigenvalue weighted by molar-refractivity contribution is 0.0474. The molecule has 1 fully saturated rings. The van der Waals surface area contributed by atoms with Crippen LogP contribution >= 0.6 is 0 Å². The van der Waals surface area contributed by atoms with Crippen molar-refractivity contribution >= 4 is 21.6 Å². The van der Waals surface area contributed by atoms with Gasteiger partial charge < -0.3 is 9.30 Å². The maximum absolute atomic E-state index is 12.7. The average Bonchev–Trinajstić information content (AvgIpc) is 3.36. The summed E-state index contributed by atoms with van der Waals surface area (Å²) >= 11 is 0. The highest BCUT2D eigenvalue weighted by Gasteiger charge is 2.31. The van der Waals surface area contributed by atoms with Crippen molar-refractivity contribution in [1.29, 1.82) is 0 Å². The molecule has 6 nitrogen and oxygen atoms in total. The molecule has 1 saturated heterocycles. The highest BCUT2D eigenvalue weighted by Crippen LogP contribution is 2.29. The van der Waals surface area contributed by atoms with Gasteiger partial charge in [0, 0.05) is 23.0 Å². The smallest absolute Gasteiger partial charge is 0.338 e. The van der Waals surface area contributed by atoms with Crippen LogP contribution in [0.2, 0.25) is 0 Å². The molecule has 0 N–H and O–H groups in total. The Labute approximate surface area is 170 Å². The quantitative estimate of drug-likeness (QED) is 0.554. The first-order valence-electron chi connectivity index (χ1n) is 9.96. The number of benzene rings is 1. The fourth-order valence-electron chi connectivity index (χ4n) is 4.59. The second-order valence-electron chi connectivity index (χ2n) is 8.05. The molecule has 2 aliphatic rings. The summed E-state index contributed by atoms with van der Waals surface area (Å²) in [6.07, 6.45) is 3.67. The van der Waals surface area contributed by atoms with Crippen molar-refractivity contribution in [3.05, 3.63) is 57.9 Å². The van der Waals surface area contributed by atoms with Crippen LogP contribution in [0, 0.1) is 13.8 Å². The van der Waals surface area contributed by atoms with Gasteiger partial charge in [-0.2, -0.15) is 0 Å². The summed E-state index contributed by atoms with van der Waals surface area (Å²) < 4.78 is 30.8. The molecule has 2 aromatic rings. The lowest BCUT2D eigenvalue weighted by Crippen LogP contribution is -2.17. The van der Waals surface area contributed by atoms with Gasteiger partial charge in [-0.1, -0.05) is 6.07 Å². The molecule has 29 heavy (non-hydrogen) atoms. The SMILES string of the molecule is Cc1cc(C(=O)COC(=O)c2ccc3c(c2)CCC3)c(C)n1[C@H]1CCS(=O)(=O)C1. The minimum atomic E-state index is -3.02. The summed E-state index contributed by atoms with van der Waals surface area (Å²) in [5.41, 5.74) is 4.98. The number of sulfone groups is 1. The van der Waals surface area contributed by atoms with Gasteiger partial charge in [0.2, 0.25) is 5.78 Å². The van der Waals surface area contributed by atoms with E-state index < -0.39 is 15.8 Å². The maximum atomic E-state index is 12.7. The van der Waals surface area contributed by atoms with Gasteiger partial charge >= 0.3 is 5.97 Å². The predicted octanol–water partition coefficient (Wildman–Crippen LogP) is 2.99. The van der Waals surface area contributed by atoms with Crippen molar-refractivity contribution in [2.24, 2.45) is 0 Å². The molecule has 154 valence electrons. The maximum Gasteiger partial charge on any atom is 0.338 e. The zero-order chi connectivity index (χ0) is 20.8. The molecule has 0 spiro atoms. The van der Waals surface area contributed by atoms with Crippen LogP contribution in [0.5, 0.6) is 0 Å². The number of Topliss-reactive ketones (excluding diaryl/α,β-unsaturated/α-hetero) is 1. The second kappa shape index (κ2) is 7.44. The molecular formula is C22H25NO5S. The molecule has 0 radical (unpaired) electrons. The number of ketones is 1. The number of hydrogen-bond donors (Lipinski definition) is 0. The van der Waals surface area contributed by atoms with E-state index in [1.807, 2.05) is 30.5 Å². The topological polar surface area (TPSA) is 82.4 Å². The van der Waals surface area contributed by atoms with E-state index in [9.17, 15) is 18.0 Å². The Hall–Kier alpha value is -2.41. The Balaban J connectivity index is 1.45. The van der Waals surface area contributed by atoms with Crippen molar-refractivity contribution in [3.8, 4) is 0 Å². The Morgan fingerprint density at radius 2 is 1.90 bits per heavy atom. The van der Waals surface area contributed by atoms with Crippen LogP contribution in [-0.4, -0.2) is 42.9 Å². The number of carbonyl (C=O) groups is 2. The summed E-state index contributed by atoms with van der Waals surface area (Å²) in [5, 5.41) is 0. The van der Waals surface area contributed by atoms with Crippen molar-refractivity contribution in [2.45, 2.75) is 45.6 Å². The van der Waals surface area contributed by atoms with E-state index in [0.29, 0.717) is 17.5 Å². The summed E-state index contributed by atoms with van der Waals surface area (Å²) in [5.74, 6) is -0.496. The Bertz CT molecular complexity index is 1100. The highest BCUT2D eigenvalue weighted by atomic mass is 32.2. The molecular weight excluding hydrogens is 390 g/mol. The Morgan fingerprint density at radius 3 is 2.62 bits per heavy atom. The number of nitrogens with zero attached hydrogens (tertiary/aromatic N) is 1. The minimum absolute atomic E-state index is 0.101. The zero-order valence-electron chi connectivity index (χ0n) is 16.7. The number of fused-ring (bicyclic) bond motifs is 1. The fourth-order valence-corrected chi connectivity index (χ4v) is 6.29. The monoisotopic (exact) mass is 415 g/mol. The molecule has 1 aliphatic carbocycles. The van der Waals surface area contributed by atoms with Crippen molar-refractivity contribution in [1.82, 2.24) is 4.57 Å². The Morgan fingerprint density at radius 1 is 1.14 bits per heavy atom.